The first kappa shape index (κ1) is 12.4. The van der Waals surface area contributed by atoms with Crippen molar-refractivity contribution < 1.29 is 13.6 Å². The highest BCUT2D eigenvalue weighted by Crippen LogP contribution is 2.90. The Morgan fingerprint density at radius 2 is 1.69 bits per heavy atom. The molecule has 1 aliphatic heterocycles. The van der Waals surface area contributed by atoms with Gasteiger partial charge in [-0.3, -0.25) is 4.57 Å². The molecule has 0 saturated carbocycles. The van der Waals surface area contributed by atoms with E-state index >= 15 is 0 Å². The largest absolute Gasteiger partial charge is 0.370 e. The first-order valence-electron chi connectivity index (χ1n) is 4.18. The molecule has 1 aliphatic rings. The lowest BCUT2D eigenvalue weighted by molar-refractivity contribution is 0.236. The molecule has 0 aromatic heterocycles. The van der Waals surface area contributed by atoms with Gasteiger partial charge in [-0.1, -0.05) is 0 Å². The van der Waals surface area contributed by atoms with E-state index in [2.05, 4.69) is 0 Å². The Morgan fingerprint density at radius 1 is 1.23 bits per heavy atom. The van der Waals surface area contributed by atoms with E-state index in [0.717, 1.165) is 11.5 Å². The molecule has 0 aromatic carbocycles. The first-order chi connectivity index (χ1) is 6.23. The summed E-state index contributed by atoms with van der Waals surface area (Å²) in [5, 5.41) is 0. The molecule has 0 spiro atoms. The van der Waals surface area contributed by atoms with Crippen LogP contribution in [-0.4, -0.2) is 24.7 Å². The van der Waals surface area contributed by atoms with Gasteiger partial charge in [0.2, 0.25) is 0 Å². The van der Waals surface area contributed by atoms with Crippen LogP contribution in [0.15, 0.2) is 0 Å². The van der Waals surface area contributed by atoms with Gasteiger partial charge in [-0.25, -0.2) is 0 Å². The Bertz CT molecular complexity index is 186. The van der Waals surface area contributed by atoms with E-state index in [0.29, 0.717) is 13.2 Å². The van der Waals surface area contributed by atoms with Crippen molar-refractivity contribution in [3.63, 3.8) is 0 Å². The predicted molar refractivity (Wildman–Crippen MR) is 62.7 cm³/mol. The van der Waals surface area contributed by atoms with E-state index in [1.165, 1.54) is 0 Å². The van der Waals surface area contributed by atoms with E-state index in [9.17, 15) is 4.57 Å². The van der Waals surface area contributed by atoms with Crippen LogP contribution in [-0.2, 0) is 13.6 Å². The fraction of sp³-hybridized carbons (Fsp3) is 1.00. The SMILES string of the molecule is CCOP(=O)(OCC)P1SCCS1. The van der Waals surface area contributed by atoms with Crippen molar-refractivity contribution in [2.24, 2.45) is 0 Å². The van der Waals surface area contributed by atoms with Crippen LogP contribution in [0.5, 0.6) is 0 Å². The second-order valence-electron chi connectivity index (χ2n) is 2.21. The van der Waals surface area contributed by atoms with Crippen LogP contribution in [0.1, 0.15) is 13.8 Å². The summed E-state index contributed by atoms with van der Waals surface area (Å²) in [5.41, 5.74) is 0. The Kier molecular flexibility index (Phi) is 5.69. The molecule has 0 aliphatic carbocycles. The predicted octanol–water partition coefficient (Wildman–Crippen LogP) is 3.96. The van der Waals surface area contributed by atoms with Crippen LogP contribution >= 0.6 is 36.1 Å². The van der Waals surface area contributed by atoms with E-state index in [4.69, 9.17) is 9.05 Å². The molecule has 0 N–H and O–H groups in total. The lowest BCUT2D eigenvalue weighted by Crippen LogP contribution is -1.91. The minimum atomic E-state index is -2.78. The highest BCUT2D eigenvalue weighted by Gasteiger charge is 2.39. The molecule has 7 heteroatoms. The molecule has 1 rings (SSSR count). The summed E-state index contributed by atoms with van der Waals surface area (Å²) >= 11 is 3.49. The van der Waals surface area contributed by atoms with Gasteiger partial charge in [-0.05, 0) is 13.8 Å². The summed E-state index contributed by atoms with van der Waals surface area (Å²) in [6.07, 6.45) is 0. The van der Waals surface area contributed by atoms with Gasteiger partial charge in [0, 0.05) is 11.5 Å². The second-order valence-corrected chi connectivity index (χ2v) is 14.2. The molecule has 13 heavy (non-hydrogen) atoms. The van der Waals surface area contributed by atoms with Gasteiger partial charge >= 0.3 is 7.28 Å². The van der Waals surface area contributed by atoms with Gasteiger partial charge in [0.15, 0.2) is 0 Å². The van der Waals surface area contributed by atoms with Crippen molar-refractivity contribution in [1.82, 2.24) is 0 Å². The molecule has 0 aromatic rings. The van der Waals surface area contributed by atoms with Gasteiger partial charge in [0.1, 0.15) is 6.01 Å². The van der Waals surface area contributed by atoms with Crippen LogP contribution < -0.4 is 0 Å². The van der Waals surface area contributed by atoms with E-state index in [1.54, 1.807) is 22.8 Å². The zero-order chi connectivity index (χ0) is 9.73. The molecule has 0 unspecified atom stereocenters. The molecule has 1 fully saturated rings. The Balaban J connectivity index is 2.58. The summed E-state index contributed by atoms with van der Waals surface area (Å²) in [5.74, 6) is 2.14. The lowest BCUT2D eigenvalue weighted by atomic mass is 10.9. The van der Waals surface area contributed by atoms with Crippen LogP contribution in [0, 0.1) is 0 Å². The maximum absolute atomic E-state index is 12.2. The smallest absolute Gasteiger partial charge is 0.305 e. The fourth-order valence-electron chi connectivity index (χ4n) is 0.867. The van der Waals surface area contributed by atoms with E-state index < -0.39 is 13.3 Å². The van der Waals surface area contributed by atoms with Crippen molar-refractivity contribution in [3.05, 3.63) is 0 Å². The molecule has 0 atom stereocenters. The van der Waals surface area contributed by atoms with E-state index in [-0.39, 0.29) is 0 Å². The number of hydrogen-bond acceptors (Lipinski definition) is 5. The first-order valence-corrected chi connectivity index (χ1v) is 11.0. The average molecular weight is 260 g/mol. The Morgan fingerprint density at radius 3 is 2.08 bits per heavy atom. The van der Waals surface area contributed by atoms with Crippen LogP contribution in [0.25, 0.3) is 0 Å². The summed E-state index contributed by atoms with van der Waals surface area (Å²) in [6.45, 7) is 4.65. The minimum absolute atomic E-state index is 0.469. The molecule has 78 valence electrons. The molecular weight excluding hydrogens is 246 g/mol. The molecule has 0 radical (unpaired) electrons. The van der Waals surface area contributed by atoms with Crippen molar-refractivity contribution in [1.29, 1.82) is 0 Å². The molecule has 0 bridgehead atoms. The highest BCUT2D eigenvalue weighted by atomic mass is 33.2. The molecule has 0 amide bonds. The fourth-order valence-corrected chi connectivity index (χ4v) is 15.4. The third kappa shape index (κ3) is 3.40. The molecular formula is C6H14O3P2S2. The molecule has 1 heterocycles. The molecule has 1 saturated heterocycles. The van der Waals surface area contributed by atoms with Gasteiger partial charge in [-0.2, -0.15) is 0 Å². The zero-order valence-corrected chi connectivity index (χ0v) is 11.2. The third-order valence-corrected chi connectivity index (χ3v) is 16.2. The van der Waals surface area contributed by atoms with E-state index in [1.807, 2.05) is 13.8 Å². The molecule has 3 nitrogen and oxygen atoms in total. The monoisotopic (exact) mass is 260 g/mol. The van der Waals surface area contributed by atoms with Crippen LogP contribution in [0.2, 0.25) is 0 Å². The van der Waals surface area contributed by atoms with Crippen molar-refractivity contribution in [2.45, 2.75) is 13.8 Å². The third-order valence-electron chi connectivity index (χ3n) is 1.27. The van der Waals surface area contributed by atoms with Crippen molar-refractivity contribution >= 4 is 36.1 Å². The van der Waals surface area contributed by atoms with Gasteiger partial charge in [0.05, 0.1) is 13.2 Å². The number of hydrogen-bond donors (Lipinski definition) is 0. The van der Waals surface area contributed by atoms with Crippen LogP contribution in [0.4, 0.5) is 0 Å². The van der Waals surface area contributed by atoms with Crippen LogP contribution in [0.3, 0.4) is 0 Å². The summed E-state index contributed by atoms with van der Waals surface area (Å²) in [4.78, 5) is 0. The quantitative estimate of drug-likeness (QED) is 0.699. The van der Waals surface area contributed by atoms with Gasteiger partial charge in [0.25, 0.3) is 0 Å². The maximum atomic E-state index is 12.2. The number of rotatable bonds is 5. The Labute approximate surface area is 88.4 Å². The van der Waals surface area contributed by atoms with Gasteiger partial charge in [-0.15, -0.1) is 22.8 Å². The topological polar surface area (TPSA) is 35.5 Å². The Hall–Kier alpha value is 1.28. The average Bonchev–Trinajstić information content (AvgIpc) is 2.57. The van der Waals surface area contributed by atoms with Crippen molar-refractivity contribution in [2.75, 3.05) is 24.7 Å². The standard InChI is InChI=1S/C6H14O3P2S2/c1-3-8-11(7,9-4-2)10-12-5-6-13-10/h3-6H2,1-2H3. The van der Waals surface area contributed by atoms with Crippen molar-refractivity contribution in [3.8, 4) is 0 Å². The summed E-state index contributed by atoms with van der Waals surface area (Å²) < 4.78 is 22.7. The summed E-state index contributed by atoms with van der Waals surface area (Å²) in [7, 11) is -2.78. The highest BCUT2D eigenvalue weighted by molar-refractivity contribution is 9.05. The minimum Gasteiger partial charge on any atom is -0.305 e. The summed E-state index contributed by atoms with van der Waals surface area (Å²) in [6, 6.07) is -0.658. The lowest BCUT2D eigenvalue weighted by Gasteiger charge is -2.20. The normalized spacial score (nSPS) is 19.5. The maximum Gasteiger partial charge on any atom is 0.370 e. The zero-order valence-electron chi connectivity index (χ0n) is 7.76. The second kappa shape index (κ2) is 5.99. The van der Waals surface area contributed by atoms with Gasteiger partial charge < -0.3 is 9.05 Å².